The maximum atomic E-state index is 12.9. The summed E-state index contributed by atoms with van der Waals surface area (Å²) >= 11 is 0. The molecular formula is C21H39N5O7. The normalized spacial score (nSPS) is 15.6. The first-order valence-electron chi connectivity index (χ1n) is 11.2. The highest BCUT2D eigenvalue weighted by Gasteiger charge is 2.34. The minimum Gasteiger partial charge on any atom is -0.481 e. The van der Waals surface area contributed by atoms with Crippen molar-refractivity contribution in [1.29, 1.82) is 0 Å². The second-order valence-corrected chi connectivity index (χ2v) is 8.49. The maximum Gasteiger partial charge on any atom is 0.326 e. The molecule has 0 fully saturated rings. The Kier molecular flexibility index (Phi) is 13.9. The first kappa shape index (κ1) is 30.3. The number of hydrogen-bond acceptors (Lipinski definition) is 7. The molecule has 12 heteroatoms. The summed E-state index contributed by atoms with van der Waals surface area (Å²) < 4.78 is 0. The van der Waals surface area contributed by atoms with Gasteiger partial charge in [-0.1, -0.05) is 40.5 Å². The molecule has 0 rings (SSSR count). The fourth-order valence-electron chi connectivity index (χ4n) is 3.01. The lowest BCUT2D eigenvalue weighted by atomic mass is 9.96. The largest absolute Gasteiger partial charge is 0.481 e. The van der Waals surface area contributed by atoms with Crippen molar-refractivity contribution in [3.63, 3.8) is 0 Å². The molecule has 33 heavy (non-hydrogen) atoms. The van der Waals surface area contributed by atoms with E-state index in [-0.39, 0.29) is 5.92 Å². The molecule has 0 aromatic rings. The summed E-state index contributed by atoms with van der Waals surface area (Å²) in [5.41, 5.74) is 11.3. The van der Waals surface area contributed by atoms with Crippen molar-refractivity contribution >= 4 is 29.7 Å². The van der Waals surface area contributed by atoms with Crippen LogP contribution in [0.25, 0.3) is 0 Å². The summed E-state index contributed by atoms with van der Waals surface area (Å²) in [5.74, 6) is -5.71. The van der Waals surface area contributed by atoms with E-state index in [0.29, 0.717) is 32.2 Å². The van der Waals surface area contributed by atoms with Gasteiger partial charge in [-0.15, -0.1) is 0 Å². The Morgan fingerprint density at radius 3 is 1.88 bits per heavy atom. The predicted octanol–water partition coefficient (Wildman–Crippen LogP) is -0.841. The number of nitrogens with one attached hydrogen (secondary N) is 3. The van der Waals surface area contributed by atoms with Crippen LogP contribution in [-0.4, -0.2) is 70.6 Å². The molecule has 5 atom stereocenters. The topological polar surface area (TPSA) is 214 Å². The molecule has 9 N–H and O–H groups in total. The van der Waals surface area contributed by atoms with Gasteiger partial charge in [-0.3, -0.25) is 19.2 Å². The summed E-state index contributed by atoms with van der Waals surface area (Å²) in [4.78, 5) is 60.7. The van der Waals surface area contributed by atoms with Crippen molar-refractivity contribution in [3.05, 3.63) is 0 Å². The van der Waals surface area contributed by atoms with Gasteiger partial charge in [0.25, 0.3) is 0 Å². The first-order valence-corrected chi connectivity index (χ1v) is 11.2. The van der Waals surface area contributed by atoms with E-state index >= 15 is 0 Å². The van der Waals surface area contributed by atoms with Crippen LogP contribution in [0.1, 0.15) is 59.8 Å². The van der Waals surface area contributed by atoms with Gasteiger partial charge < -0.3 is 37.6 Å². The maximum absolute atomic E-state index is 12.9. The number of rotatable bonds is 16. The van der Waals surface area contributed by atoms with Crippen LogP contribution in [-0.2, 0) is 24.0 Å². The highest BCUT2D eigenvalue weighted by atomic mass is 16.4. The summed E-state index contributed by atoms with van der Waals surface area (Å²) in [6.07, 6.45) is 1.48. The molecule has 0 radical (unpaired) electrons. The molecule has 0 aliphatic heterocycles. The molecule has 0 saturated heterocycles. The Morgan fingerprint density at radius 2 is 1.42 bits per heavy atom. The van der Waals surface area contributed by atoms with Crippen LogP contribution in [0.2, 0.25) is 0 Å². The van der Waals surface area contributed by atoms with E-state index in [9.17, 15) is 34.2 Å². The van der Waals surface area contributed by atoms with Crippen LogP contribution in [0.4, 0.5) is 0 Å². The van der Waals surface area contributed by atoms with Gasteiger partial charge in [0.15, 0.2) is 0 Å². The van der Waals surface area contributed by atoms with Gasteiger partial charge in [-0.25, -0.2) is 4.79 Å². The Hall–Kier alpha value is -2.73. The van der Waals surface area contributed by atoms with E-state index < -0.39 is 66.2 Å². The van der Waals surface area contributed by atoms with Gasteiger partial charge in [0.05, 0.1) is 12.5 Å². The lowest BCUT2D eigenvalue weighted by Gasteiger charge is -2.28. The fraction of sp³-hybridized carbons (Fsp3) is 0.762. The van der Waals surface area contributed by atoms with Crippen LogP contribution < -0.4 is 27.4 Å². The summed E-state index contributed by atoms with van der Waals surface area (Å²) in [5, 5.41) is 25.6. The average molecular weight is 474 g/mol. The molecule has 12 nitrogen and oxygen atoms in total. The third kappa shape index (κ3) is 11.1. The van der Waals surface area contributed by atoms with Gasteiger partial charge in [0, 0.05) is 0 Å². The summed E-state index contributed by atoms with van der Waals surface area (Å²) in [7, 11) is 0. The van der Waals surface area contributed by atoms with Gasteiger partial charge in [-0.2, -0.15) is 0 Å². The van der Waals surface area contributed by atoms with E-state index in [4.69, 9.17) is 11.5 Å². The highest BCUT2D eigenvalue weighted by molar-refractivity contribution is 5.95. The van der Waals surface area contributed by atoms with Crippen LogP contribution in [0, 0.1) is 11.8 Å². The van der Waals surface area contributed by atoms with Crippen molar-refractivity contribution in [2.45, 2.75) is 84.0 Å². The van der Waals surface area contributed by atoms with E-state index in [1.807, 2.05) is 0 Å². The number of amides is 3. The third-order valence-electron chi connectivity index (χ3n) is 5.34. The summed E-state index contributed by atoms with van der Waals surface area (Å²) in [6.45, 7) is 7.15. The lowest BCUT2D eigenvalue weighted by Crippen LogP contribution is -2.59. The van der Waals surface area contributed by atoms with E-state index in [0.717, 1.165) is 0 Å². The number of unbranched alkanes of at least 4 members (excludes halogenated alkanes) is 1. The molecule has 3 amide bonds. The van der Waals surface area contributed by atoms with Crippen LogP contribution in [0.15, 0.2) is 0 Å². The van der Waals surface area contributed by atoms with E-state index in [1.165, 1.54) is 0 Å². The molecule has 0 aromatic heterocycles. The minimum absolute atomic E-state index is 0.346. The quantitative estimate of drug-likeness (QED) is 0.139. The molecule has 0 bridgehead atoms. The molecule has 0 heterocycles. The summed E-state index contributed by atoms with van der Waals surface area (Å²) in [6, 6.07) is -4.71. The minimum atomic E-state index is -1.53. The number of carbonyl (C=O) groups excluding carboxylic acids is 3. The third-order valence-corrected chi connectivity index (χ3v) is 5.34. The van der Waals surface area contributed by atoms with Crippen LogP contribution in [0.5, 0.6) is 0 Å². The molecule has 0 spiro atoms. The van der Waals surface area contributed by atoms with Crippen molar-refractivity contribution in [2.24, 2.45) is 23.3 Å². The first-order chi connectivity index (χ1) is 15.3. The standard InChI is InChI=1S/C21H39N5O7/c1-5-12(4)17(26-18(29)13(23)8-6-7-9-22)20(31)24-14(10-15(27)28)19(30)25-16(11(2)3)21(32)33/h11-14,16-17H,5-10,22-23H2,1-4H3,(H,24,31)(H,25,30)(H,26,29)(H,27,28)(H,32,33). The zero-order chi connectivity index (χ0) is 25.7. The number of carboxylic acids is 2. The Labute approximate surface area is 194 Å². The zero-order valence-corrected chi connectivity index (χ0v) is 19.8. The number of nitrogens with two attached hydrogens (primary N) is 2. The molecule has 0 saturated carbocycles. The second-order valence-electron chi connectivity index (χ2n) is 8.49. The van der Waals surface area contributed by atoms with Crippen LogP contribution in [0.3, 0.4) is 0 Å². The van der Waals surface area contributed by atoms with Crippen molar-refractivity contribution in [3.8, 4) is 0 Å². The van der Waals surface area contributed by atoms with Crippen molar-refractivity contribution in [2.75, 3.05) is 6.54 Å². The zero-order valence-electron chi connectivity index (χ0n) is 19.8. The number of aliphatic carboxylic acids is 2. The fourth-order valence-corrected chi connectivity index (χ4v) is 3.01. The van der Waals surface area contributed by atoms with Gasteiger partial charge in [0.1, 0.15) is 18.1 Å². The average Bonchev–Trinajstić information content (AvgIpc) is 2.73. The van der Waals surface area contributed by atoms with Crippen molar-refractivity contribution < 1.29 is 34.2 Å². The van der Waals surface area contributed by atoms with Crippen molar-refractivity contribution in [1.82, 2.24) is 16.0 Å². The van der Waals surface area contributed by atoms with E-state index in [1.54, 1.807) is 27.7 Å². The second kappa shape index (κ2) is 15.2. The Balaban J connectivity index is 5.48. The molecule has 0 aliphatic carbocycles. The van der Waals surface area contributed by atoms with Crippen LogP contribution >= 0.6 is 0 Å². The molecule has 5 unspecified atom stereocenters. The van der Waals surface area contributed by atoms with Gasteiger partial charge in [0.2, 0.25) is 17.7 Å². The Morgan fingerprint density at radius 1 is 0.848 bits per heavy atom. The number of carbonyl (C=O) groups is 5. The highest BCUT2D eigenvalue weighted by Crippen LogP contribution is 2.11. The molecular weight excluding hydrogens is 434 g/mol. The predicted molar refractivity (Wildman–Crippen MR) is 121 cm³/mol. The SMILES string of the molecule is CCC(C)C(NC(=O)C(N)CCCCN)C(=O)NC(CC(=O)O)C(=O)NC(C(=O)O)C(C)C. The smallest absolute Gasteiger partial charge is 0.326 e. The Bertz CT molecular complexity index is 686. The van der Waals surface area contributed by atoms with Gasteiger partial charge >= 0.3 is 11.9 Å². The molecule has 0 aliphatic rings. The molecule has 190 valence electrons. The van der Waals surface area contributed by atoms with Gasteiger partial charge in [-0.05, 0) is 31.2 Å². The number of carboxylic acid groups (broad SMARTS) is 2. The number of hydrogen-bond donors (Lipinski definition) is 7. The molecule has 0 aromatic carbocycles. The lowest BCUT2D eigenvalue weighted by molar-refractivity contribution is -0.144. The monoisotopic (exact) mass is 473 g/mol. The van der Waals surface area contributed by atoms with E-state index in [2.05, 4.69) is 16.0 Å².